The van der Waals surface area contributed by atoms with E-state index in [4.69, 9.17) is 24.5 Å². The van der Waals surface area contributed by atoms with Crippen molar-refractivity contribution in [2.75, 3.05) is 32.8 Å². The number of nitrogens with one attached hydrogen (secondary N) is 2. The van der Waals surface area contributed by atoms with Crippen LogP contribution in [0.4, 0.5) is 0 Å². The summed E-state index contributed by atoms with van der Waals surface area (Å²) >= 11 is 0. The number of unbranched alkanes of at least 4 members (excludes halogenated alkanes) is 12. The molecule has 11 nitrogen and oxygen atoms in total. The smallest absolute Gasteiger partial charge is 0.353 e. The summed E-state index contributed by atoms with van der Waals surface area (Å²) in [6.07, 6.45) is 18.2. The number of hydrogen-bond acceptors (Lipinski definition) is 8. The fourth-order valence-corrected chi connectivity index (χ4v) is 5.20. The number of amides is 1. The van der Waals surface area contributed by atoms with Crippen LogP contribution in [0.5, 0.6) is 0 Å². The Labute approximate surface area is 252 Å². The van der Waals surface area contributed by atoms with Crippen LogP contribution < -0.4 is 5.32 Å². The minimum Gasteiger partial charge on any atom is -0.481 e. The topological polar surface area (TPSA) is 175 Å². The molecule has 0 spiro atoms. The maximum atomic E-state index is 12.2. The summed E-state index contributed by atoms with van der Waals surface area (Å²) in [6, 6.07) is 0. The lowest BCUT2D eigenvalue weighted by Crippen LogP contribution is -2.25. The molecule has 0 aliphatic heterocycles. The lowest BCUT2D eigenvalue weighted by molar-refractivity contribution is -0.137. The van der Waals surface area contributed by atoms with Crippen LogP contribution in [-0.2, 0) is 28.2 Å². The first-order valence-corrected chi connectivity index (χ1v) is 17.3. The average Bonchev–Trinajstić information content (AvgIpc) is 2.92. The number of amidine groups is 1. The molecule has 0 aromatic rings. The second-order valence-electron chi connectivity index (χ2n) is 10.9. The summed E-state index contributed by atoms with van der Waals surface area (Å²) < 4.78 is 28.3. The highest BCUT2D eigenvalue weighted by molar-refractivity contribution is 7.52. The summed E-state index contributed by atoms with van der Waals surface area (Å²) in [7, 11) is -3.95. The van der Waals surface area contributed by atoms with Gasteiger partial charge >= 0.3 is 13.6 Å². The van der Waals surface area contributed by atoms with Crippen LogP contribution in [0.1, 0.15) is 117 Å². The van der Waals surface area contributed by atoms with E-state index in [-0.39, 0.29) is 30.9 Å². The van der Waals surface area contributed by atoms with Crippen molar-refractivity contribution >= 4 is 25.3 Å². The van der Waals surface area contributed by atoms with Crippen LogP contribution in [0.25, 0.3) is 0 Å². The zero-order valence-corrected chi connectivity index (χ0v) is 26.8. The number of aliphatic carboxylic acids is 1. The van der Waals surface area contributed by atoms with E-state index in [2.05, 4.69) is 5.32 Å². The highest BCUT2D eigenvalue weighted by Gasteiger charge is 2.23. The van der Waals surface area contributed by atoms with Gasteiger partial charge in [0.2, 0.25) is 5.91 Å². The van der Waals surface area contributed by atoms with Crippen molar-refractivity contribution in [2.24, 2.45) is 5.92 Å². The molecule has 0 aromatic heterocycles. The van der Waals surface area contributed by atoms with Crippen LogP contribution >= 0.6 is 7.60 Å². The Kier molecular flexibility index (Phi) is 25.9. The predicted molar refractivity (Wildman–Crippen MR) is 165 cm³/mol. The van der Waals surface area contributed by atoms with Gasteiger partial charge in [0.1, 0.15) is 12.2 Å². The van der Waals surface area contributed by atoms with Crippen LogP contribution in [0.3, 0.4) is 0 Å². The van der Waals surface area contributed by atoms with Gasteiger partial charge in [-0.05, 0) is 37.7 Å². The molecular formula is C30H57N2O9P. The molecule has 0 heterocycles. The molecule has 0 radical (unpaired) electrons. The highest BCUT2D eigenvalue weighted by Crippen LogP contribution is 2.42. The van der Waals surface area contributed by atoms with E-state index >= 15 is 0 Å². The van der Waals surface area contributed by atoms with E-state index in [9.17, 15) is 24.2 Å². The number of carbonyl (C=O) groups excluding carboxylic acids is 1. The second kappa shape index (κ2) is 27.0. The van der Waals surface area contributed by atoms with E-state index in [1.807, 2.05) is 6.92 Å². The number of ether oxygens (including phenoxy) is 2. The Hall–Kier alpha value is -1.62. The van der Waals surface area contributed by atoms with Crippen molar-refractivity contribution in [1.82, 2.24) is 5.32 Å². The zero-order valence-electron chi connectivity index (χ0n) is 25.9. The normalized spacial score (nSPS) is 14.5. The minimum absolute atomic E-state index is 0.0396. The number of hydrogen-bond donors (Lipinski definition) is 5. The second-order valence-corrected chi connectivity index (χ2v) is 12.7. The number of allylic oxidation sites excluding steroid dienone is 1. The van der Waals surface area contributed by atoms with Crippen molar-refractivity contribution in [3.8, 4) is 0 Å². The van der Waals surface area contributed by atoms with E-state index in [1.54, 1.807) is 6.08 Å². The quantitative estimate of drug-likeness (QED) is 0.0283. The van der Waals surface area contributed by atoms with Crippen LogP contribution in [0.15, 0.2) is 12.2 Å². The minimum atomic E-state index is -3.95. The highest BCUT2D eigenvalue weighted by atomic mass is 31.2. The van der Waals surface area contributed by atoms with E-state index < -0.39 is 26.0 Å². The molecule has 246 valence electrons. The van der Waals surface area contributed by atoms with Gasteiger partial charge in [-0.25, -0.2) is 0 Å². The molecule has 1 unspecified atom stereocenters. The van der Waals surface area contributed by atoms with Crippen LogP contribution in [-0.4, -0.2) is 71.7 Å². The first kappa shape index (κ1) is 40.4. The van der Waals surface area contributed by atoms with Gasteiger partial charge in [-0.3, -0.25) is 19.6 Å². The molecule has 0 bridgehead atoms. The van der Waals surface area contributed by atoms with Crippen LogP contribution in [0, 0.1) is 11.3 Å². The third kappa shape index (κ3) is 28.5. The van der Waals surface area contributed by atoms with Gasteiger partial charge in [0.15, 0.2) is 0 Å². The molecule has 0 aliphatic carbocycles. The summed E-state index contributed by atoms with van der Waals surface area (Å²) in [5.74, 6) is -1.16. The third-order valence-electron chi connectivity index (χ3n) is 6.62. The molecule has 3 atom stereocenters. The fourth-order valence-electron chi connectivity index (χ4n) is 4.31. The maximum absolute atomic E-state index is 12.2. The van der Waals surface area contributed by atoms with Gasteiger partial charge in [-0.15, -0.1) is 0 Å². The Balaban J connectivity index is 3.64. The van der Waals surface area contributed by atoms with Crippen molar-refractivity contribution in [3.05, 3.63) is 12.2 Å². The number of carbonyl (C=O) groups is 2. The first-order valence-electron chi connectivity index (χ1n) is 15.6. The van der Waals surface area contributed by atoms with Crippen molar-refractivity contribution in [2.45, 2.75) is 123 Å². The summed E-state index contributed by atoms with van der Waals surface area (Å²) in [6.45, 7) is 4.04. The summed E-state index contributed by atoms with van der Waals surface area (Å²) in [5.41, 5.74) is 0. The number of carboxylic acids is 1. The number of rotatable bonds is 29. The van der Waals surface area contributed by atoms with Gasteiger partial charge in [0.25, 0.3) is 0 Å². The van der Waals surface area contributed by atoms with Gasteiger partial charge < -0.3 is 34.4 Å². The summed E-state index contributed by atoms with van der Waals surface area (Å²) in [5, 5.41) is 28.1. The number of aliphatic hydroxyl groups is 1. The molecule has 5 N–H and O–H groups in total. The molecule has 0 aliphatic rings. The SMILES string of the molecule is CC(=O)NC(=N)/C=C\[C@@H](C)C[C@@H](CO)OCP(=O)(O)OCCCOCCCCCCCCCCCCCCCC(=O)O. The van der Waals surface area contributed by atoms with E-state index in [0.717, 1.165) is 32.1 Å². The number of carboxylic acid groups (broad SMARTS) is 1. The predicted octanol–water partition coefficient (Wildman–Crippen LogP) is 6.17. The zero-order chi connectivity index (χ0) is 31.5. The third-order valence-corrected chi connectivity index (χ3v) is 7.68. The molecule has 1 amide bonds. The van der Waals surface area contributed by atoms with Gasteiger partial charge in [0.05, 0.1) is 19.3 Å². The fraction of sp³-hybridized carbons (Fsp3) is 0.833. The molecular weight excluding hydrogens is 563 g/mol. The lowest BCUT2D eigenvalue weighted by Gasteiger charge is -2.20. The molecule has 0 saturated heterocycles. The van der Waals surface area contributed by atoms with Gasteiger partial charge in [-0.2, -0.15) is 0 Å². The average molecular weight is 621 g/mol. The van der Waals surface area contributed by atoms with E-state index in [0.29, 0.717) is 32.5 Å². The molecule has 12 heteroatoms. The van der Waals surface area contributed by atoms with Gasteiger partial charge in [-0.1, -0.05) is 83.6 Å². The lowest BCUT2D eigenvalue weighted by atomic mass is 10.0. The Morgan fingerprint density at radius 2 is 1.40 bits per heavy atom. The molecule has 0 saturated carbocycles. The van der Waals surface area contributed by atoms with Crippen molar-refractivity contribution < 1.29 is 43.3 Å². The van der Waals surface area contributed by atoms with Crippen molar-refractivity contribution in [3.63, 3.8) is 0 Å². The largest absolute Gasteiger partial charge is 0.481 e. The van der Waals surface area contributed by atoms with Crippen molar-refractivity contribution in [1.29, 1.82) is 5.41 Å². The molecule has 0 fully saturated rings. The standard InChI is InChI=1S/C30H57N2O9P/c1-26(18-19-29(31)32-27(2)34)23-28(24-33)40-25-42(37,38)41-22-16-21-39-20-15-13-11-9-7-5-3-4-6-8-10-12-14-17-30(35)36/h18-19,26,28,33H,3-17,20-25H2,1-2H3,(H,35,36)(H,37,38)(H2,31,32,34)/b19-18-/t26-,28+/m1/s1. The Bertz CT molecular complexity index is 795. The maximum Gasteiger partial charge on any atom is 0.353 e. The van der Waals surface area contributed by atoms with E-state index in [1.165, 1.54) is 64.4 Å². The molecule has 0 aromatic carbocycles. The van der Waals surface area contributed by atoms with Crippen LogP contribution in [0.2, 0.25) is 0 Å². The molecule has 42 heavy (non-hydrogen) atoms. The van der Waals surface area contributed by atoms with Gasteiger partial charge in [0, 0.05) is 26.6 Å². The molecule has 0 rings (SSSR count). The monoisotopic (exact) mass is 620 g/mol. The number of aliphatic hydroxyl groups excluding tert-OH is 1. The Morgan fingerprint density at radius 3 is 1.93 bits per heavy atom. The first-order chi connectivity index (χ1) is 20.1. The Morgan fingerprint density at radius 1 is 0.881 bits per heavy atom. The summed E-state index contributed by atoms with van der Waals surface area (Å²) in [4.78, 5) is 31.4.